The van der Waals surface area contributed by atoms with Crippen LogP contribution < -0.4 is 0 Å². The summed E-state index contributed by atoms with van der Waals surface area (Å²) in [6.07, 6.45) is 4.61. The van der Waals surface area contributed by atoms with Gasteiger partial charge in [0, 0.05) is 17.7 Å². The molecule has 2 unspecified atom stereocenters. The molecule has 1 aliphatic carbocycles. The minimum atomic E-state index is -1.49. The van der Waals surface area contributed by atoms with Crippen LogP contribution >= 0.6 is 11.3 Å². The second kappa shape index (κ2) is 5.15. The van der Waals surface area contributed by atoms with Crippen LogP contribution in [-0.4, -0.2) is 23.0 Å². The third kappa shape index (κ3) is 2.46. The molecule has 4 heteroatoms. The topological polar surface area (TPSA) is 29.5 Å². The quantitative estimate of drug-likeness (QED) is 0.889. The average molecular weight is 284 g/mol. The monoisotopic (exact) mass is 284 g/mol. The van der Waals surface area contributed by atoms with Crippen LogP contribution in [0.4, 0.5) is 4.39 Å². The van der Waals surface area contributed by atoms with Crippen LogP contribution in [0.25, 0.3) is 0 Å². The first kappa shape index (κ1) is 13.5. The van der Waals surface area contributed by atoms with E-state index in [0.717, 1.165) is 24.1 Å². The standard InChI is InChI=1S/C15H21FO2S/c16-14(15(17)6-2-1-3-7-15)8-9-18-12(11-14)13-5-4-10-19-13/h4-5,10,12,17H,1-3,6-9,11H2. The van der Waals surface area contributed by atoms with E-state index in [-0.39, 0.29) is 6.10 Å². The molecule has 2 heterocycles. The molecule has 19 heavy (non-hydrogen) atoms. The largest absolute Gasteiger partial charge is 0.387 e. The molecule has 2 nitrogen and oxygen atoms in total. The third-order valence-electron chi connectivity index (χ3n) is 4.70. The van der Waals surface area contributed by atoms with Gasteiger partial charge in [-0.05, 0) is 24.3 Å². The summed E-state index contributed by atoms with van der Waals surface area (Å²) in [5.74, 6) is 0. The summed E-state index contributed by atoms with van der Waals surface area (Å²) in [6, 6.07) is 3.96. The lowest BCUT2D eigenvalue weighted by Gasteiger charge is -2.47. The van der Waals surface area contributed by atoms with Crippen molar-refractivity contribution in [3.63, 3.8) is 0 Å². The first-order chi connectivity index (χ1) is 9.13. The molecule has 106 valence electrons. The molecular formula is C15H21FO2S. The molecular weight excluding hydrogens is 263 g/mol. The van der Waals surface area contributed by atoms with Gasteiger partial charge in [-0.15, -0.1) is 11.3 Å². The number of aliphatic hydroxyl groups is 1. The Bertz CT molecular complexity index is 414. The molecule has 1 aromatic heterocycles. The SMILES string of the molecule is OC1(C2(F)CCOC(c3cccs3)C2)CCCCC1. The molecule has 0 bridgehead atoms. The molecule has 1 saturated heterocycles. The van der Waals surface area contributed by atoms with Crippen LogP contribution in [0.15, 0.2) is 17.5 Å². The van der Waals surface area contributed by atoms with Gasteiger partial charge in [0.05, 0.1) is 18.3 Å². The molecule has 1 aliphatic heterocycles. The van der Waals surface area contributed by atoms with Crippen LogP contribution in [0.3, 0.4) is 0 Å². The zero-order valence-electron chi connectivity index (χ0n) is 11.1. The van der Waals surface area contributed by atoms with Crippen molar-refractivity contribution in [2.75, 3.05) is 6.61 Å². The van der Waals surface area contributed by atoms with Gasteiger partial charge in [0.2, 0.25) is 0 Å². The second-order valence-corrected chi connectivity index (χ2v) is 6.87. The van der Waals surface area contributed by atoms with Crippen molar-refractivity contribution in [2.24, 2.45) is 0 Å². The maximum atomic E-state index is 15.4. The molecule has 3 rings (SSSR count). The number of thiophene rings is 1. The Balaban J connectivity index is 1.79. The highest BCUT2D eigenvalue weighted by Crippen LogP contribution is 2.49. The van der Waals surface area contributed by atoms with Crippen molar-refractivity contribution in [1.82, 2.24) is 0 Å². The van der Waals surface area contributed by atoms with Gasteiger partial charge in [0.25, 0.3) is 0 Å². The van der Waals surface area contributed by atoms with Gasteiger partial charge in [-0.3, -0.25) is 0 Å². The van der Waals surface area contributed by atoms with Crippen LogP contribution in [0.2, 0.25) is 0 Å². The molecule has 1 aromatic rings. The smallest absolute Gasteiger partial charge is 0.144 e. The molecule has 0 amide bonds. The van der Waals surface area contributed by atoms with Gasteiger partial charge in [0.15, 0.2) is 0 Å². The number of alkyl halides is 1. The predicted octanol–water partition coefficient (Wildman–Crippen LogP) is 4.00. The molecule has 0 spiro atoms. The van der Waals surface area contributed by atoms with Crippen molar-refractivity contribution in [3.05, 3.63) is 22.4 Å². The van der Waals surface area contributed by atoms with Gasteiger partial charge in [-0.1, -0.05) is 25.3 Å². The van der Waals surface area contributed by atoms with Gasteiger partial charge < -0.3 is 9.84 Å². The van der Waals surface area contributed by atoms with Crippen molar-refractivity contribution < 1.29 is 14.2 Å². The van der Waals surface area contributed by atoms with Gasteiger partial charge in [0.1, 0.15) is 5.67 Å². The zero-order chi connectivity index (χ0) is 13.3. The van der Waals surface area contributed by atoms with Crippen LogP contribution in [0.1, 0.15) is 55.9 Å². The Kier molecular flexibility index (Phi) is 3.67. The summed E-state index contributed by atoms with van der Waals surface area (Å²) in [5.41, 5.74) is -2.62. The number of hydrogen-bond acceptors (Lipinski definition) is 3. The lowest BCUT2D eigenvalue weighted by atomic mass is 9.69. The highest BCUT2D eigenvalue weighted by molar-refractivity contribution is 7.10. The maximum Gasteiger partial charge on any atom is 0.144 e. The van der Waals surface area contributed by atoms with E-state index in [9.17, 15) is 5.11 Å². The Morgan fingerprint density at radius 2 is 2.05 bits per heavy atom. The Labute approximate surface area is 117 Å². The van der Waals surface area contributed by atoms with Crippen molar-refractivity contribution in [2.45, 2.75) is 62.3 Å². The first-order valence-corrected chi connectivity index (χ1v) is 8.07. The van der Waals surface area contributed by atoms with Crippen molar-refractivity contribution in [3.8, 4) is 0 Å². The lowest BCUT2D eigenvalue weighted by molar-refractivity contribution is -0.179. The van der Waals surface area contributed by atoms with E-state index in [4.69, 9.17) is 4.74 Å². The summed E-state index contributed by atoms with van der Waals surface area (Å²) in [5, 5.41) is 12.7. The molecule has 1 N–H and O–H groups in total. The molecule has 0 radical (unpaired) electrons. The summed E-state index contributed by atoms with van der Waals surface area (Å²) in [6.45, 7) is 0.404. The van der Waals surface area contributed by atoms with Crippen LogP contribution in [0.5, 0.6) is 0 Å². The normalized spacial score (nSPS) is 35.2. The first-order valence-electron chi connectivity index (χ1n) is 7.19. The van der Waals surface area contributed by atoms with E-state index >= 15 is 4.39 Å². The Hall–Kier alpha value is -0.450. The number of ether oxygens (including phenoxy) is 1. The number of halogens is 1. The fourth-order valence-corrected chi connectivity index (χ4v) is 4.26. The Morgan fingerprint density at radius 1 is 1.26 bits per heavy atom. The maximum absolute atomic E-state index is 15.4. The lowest BCUT2D eigenvalue weighted by Crippen LogP contribution is -2.55. The van der Waals surface area contributed by atoms with E-state index in [1.165, 1.54) is 0 Å². The van der Waals surface area contributed by atoms with E-state index in [1.807, 2.05) is 17.5 Å². The summed E-state index contributed by atoms with van der Waals surface area (Å²) in [7, 11) is 0. The summed E-state index contributed by atoms with van der Waals surface area (Å²) < 4.78 is 21.1. The zero-order valence-corrected chi connectivity index (χ0v) is 11.9. The van der Waals surface area contributed by atoms with Crippen molar-refractivity contribution in [1.29, 1.82) is 0 Å². The molecule has 2 atom stereocenters. The minimum Gasteiger partial charge on any atom is -0.387 e. The number of hydrogen-bond donors (Lipinski definition) is 1. The number of rotatable bonds is 2. The van der Waals surface area contributed by atoms with Gasteiger partial charge in [-0.25, -0.2) is 4.39 Å². The molecule has 0 aromatic carbocycles. The Morgan fingerprint density at radius 3 is 2.74 bits per heavy atom. The van der Waals surface area contributed by atoms with E-state index < -0.39 is 11.3 Å². The van der Waals surface area contributed by atoms with Gasteiger partial charge in [-0.2, -0.15) is 0 Å². The fourth-order valence-electron chi connectivity index (χ4n) is 3.48. The highest BCUT2D eigenvalue weighted by atomic mass is 32.1. The van der Waals surface area contributed by atoms with Gasteiger partial charge >= 0.3 is 0 Å². The minimum absolute atomic E-state index is 0.190. The van der Waals surface area contributed by atoms with E-state index in [2.05, 4.69) is 0 Å². The van der Waals surface area contributed by atoms with E-state index in [1.54, 1.807) is 11.3 Å². The molecule has 2 aliphatic rings. The summed E-state index contributed by atoms with van der Waals surface area (Å²) >= 11 is 1.60. The average Bonchev–Trinajstić information content (AvgIpc) is 2.93. The third-order valence-corrected chi connectivity index (χ3v) is 5.67. The predicted molar refractivity (Wildman–Crippen MR) is 74.1 cm³/mol. The molecule has 1 saturated carbocycles. The highest BCUT2D eigenvalue weighted by Gasteiger charge is 2.54. The van der Waals surface area contributed by atoms with Crippen LogP contribution in [0, 0.1) is 0 Å². The van der Waals surface area contributed by atoms with E-state index in [0.29, 0.717) is 32.3 Å². The van der Waals surface area contributed by atoms with Crippen molar-refractivity contribution >= 4 is 11.3 Å². The second-order valence-electron chi connectivity index (χ2n) is 5.89. The fraction of sp³-hybridized carbons (Fsp3) is 0.733. The molecule has 2 fully saturated rings. The van der Waals surface area contributed by atoms with Crippen LogP contribution in [-0.2, 0) is 4.74 Å². The summed E-state index contributed by atoms with van der Waals surface area (Å²) in [4.78, 5) is 1.07.